The van der Waals surface area contributed by atoms with Gasteiger partial charge in [-0.15, -0.1) is 0 Å². The summed E-state index contributed by atoms with van der Waals surface area (Å²) in [6.07, 6.45) is 5.53. The van der Waals surface area contributed by atoms with Crippen molar-refractivity contribution in [3.8, 4) is 0 Å². The first kappa shape index (κ1) is 8.85. The number of aliphatic imine (C=N–C) groups is 1. The summed E-state index contributed by atoms with van der Waals surface area (Å²) in [5.41, 5.74) is 5.76. The van der Waals surface area contributed by atoms with Gasteiger partial charge in [-0.1, -0.05) is 0 Å². The van der Waals surface area contributed by atoms with Crippen LogP contribution in [0.1, 0.15) is 32.6 Å². The molecule has 2 rings (SSSR count). The summed E-state index contributed by atoms with van der Waals surface area (Å²) in [5.74, 6) is 2.42. The van der Waals surface area contributed by atoms with Crippen molar-refractivity contribution in [3.63, 3.8) is 0 Å². The minimum absolute atomic E-state index is 0.635. The van der Waals surface area contributed by atoms with Crippen LogP contribution in [0.15, 0.2) is 4.99 Å². The molecule has 0 heterocycles. The Kier molecular flexibility index (Phi) is 2.42. The summed E-state index contributed by atoms with van der Waals surface area (Å²) in [6, 6.07) is 0.635. The van der Waals surface area contributed by atoms with Gasteiger partial charge in [0, 0.05) is 12.6 Å². The number of guanidine groups is 1. The van der Waals surface area contributed by atoms with Gasteiger partial charge in [-0.05, 0) is 44.4 Å². The Balaban J connectivity index is 1.85. The van der Waals surface area contributed by atoms with Crippen molar-refractivity contribution in [2.45, 2.75) is 38.6 Å². The third kappa shape index (κ3) is 2.36. The van der Waals surface area contributed by atoms with Gasteiger partial charge in [0.1, 0.15) is 0 Å². The minimum Gasteiger partial charge on any atom is -0.370 e. The molecule has 0 spiro atoms. The van der Waals surface area contributed by atoms with Crippen LogP contribution >= 0.6 is 0 Å². The highest BCUT2D eigenvalue weighted by Gasteiger charge is 2.41. The van der Waals surface area contributed by atoms with Crippen LogP contribution in [0.5, 0.6) is 0 Å². The highest BCUT2D eigenvalue weighted by atomic mass is 15.1. The molecule has 0 aromatic carbocycles. The zero-order valence-corrected chi connectivity index (χ0v) is 8.29. The normalized spacial score (nSPS) is 23.7. The van der Waals surface area contributed by atoms with Crippen molar-refractivity contribution >= 4 is 5.96 Å². The molecule has 0 aromatic heterocycles. The van der Waals surface area contributed by atoms with Gasteiger partial charge in [-0.3, -0.25) is 4.99 Å². The van der Waals surface area contributed by atoms with Crippen LogP contribution in [0.2, 0.25) is 0 Å². The molecule has 2 aliphatic rings. The van der Waals surface area contributed by atoms with E-state index in [0.717, 1.165) is 18.4 Å². The van der Waals surface area contributed by atoms with E-state index in [-0.39, 0.29) is 0 Å². The molecule has 3 N–H and O–H groups in total. The van der Waals surface area contributed by atoms with E-state index in [1.165, 1.54) is 25.7 Å². The van der Waals surface area contributed by atoms with Crippen molar-refractivity contribution in [2.24, 2.45) is 22.6 Å². The Morgan fingerprint density at radius 1 is 1.38 bits per heavy atom. The first-order valence-corrected chi connectivity index (χ1v) is 5.37. The predicted octanol–water partition coefficient (Wildman–Crippen LogP) is 1.10. The molecule has 0 bridgehead atoms. The number of rotatable bonds is 4. The molecular weight excluding hydrogens is 162 g/mol. The Bertz CT molecular complexity index is 192. The van der Waals surface area contributed by atoms with E-state index in [0.29, 0.717) is 12.0 Å². The van der Waals surface area contributed by atoms with E-state index in [2.05, 4.69) is 10.3 Å². The van der Waals surface area contributed by atoms with Gasteiger partial charge in [0.2, 0.25) is 0 Å². The summed E-state index contributed by atoms with van der Waals surface area (Å²) in [4.78, 5) is 4.17. The monoisotopic (exact) mass is 181 g/mol. The molecule has 0 atom stereocenters. The van der Waals surface area contributed by atoms with Crippen LogP contribution in [-0.4, -0.2) is 18.5 Å². The SMILES string of the molecule is CCN=C(N)NC(C1CC1)C1CC1. The molecule has 0 amide bonds. The maximum absolute atomic E-state index is 5.76. The predicted molar refractivity (Wildman–Crippen MR) is 54.5 cm³/mol. The fourth-order valence-corrected chi connectivity index (χ4v) is 1.92. The largest absolute Gasteiger partial charge is 0.370 e. The Morgan fingerprint density at radius 3 is 2.31 bits per heavy atom. The number of hydrogen-bond donors (Lipinski definition) is 2. The molecule has 2 aliphatic carbocycles. The van der Waals surface area contributed by atoms with Crippen molar-refractivity contribution in [2.75, 3.05) is 6.54 Å². The second-order valence-electron chi connectivity index (χ2n) is 4.20. The zero-order valence-electron chi connectivity index (χ0n) is 8.29. The van der Waals surface area contributed by atoms with E-state index < -0.39 is 0 Å². The Morgan fingerprint density at radius 2 is 1.92 bits per heavy atom. The third-order valence-electron chi connectivity index (χ3n) is 2.90. The highest BCUT2D eigenvalue weighted by Crippen LogP contribution is 2.44. The number of nitrogens with zero attached hydrogens (tertiary/aromatic N) is 1. The van der Waals surface area contributed by atoms with Crippen molar-refractivity contribution < 1.29 is 0 Å². The number of hydrogen-bond acceptors (Lipinski definition) is 1. The summed E-state index contributed by atoms with van der Waals surface area (Å²) >= 11 is 0. The molecule has 3 nitrogen and oxygen atoms in total. The lowest BCUT2D eigenvalue weighted by molar-refractivity contribution is 0.480. The lowest BCUT2D eigenvalue weighted by Gasteiger charge is -2.17. The van der Waals surface area contributed by atoms with E-state index in [9.17, 15) is 0 Å². The van der Waals surface area contributed by atoms with Crippen molar-refractivity contribution in [1.82, 2.24) is 5.32 Å². The standard InChI is InChI=1S/C10H19N3/c1-2-12-10(11)13-9(7-3-4-7)8-5-6-8/h7-9H,2-6H2,1H3,(H3,11,12,13). The molecule has 3 heteroatoms. The van der Waals surface area contributed by atoms with Crippen LogP contribution in [0.25, 0.3) is 0 Å². The number of nitrogens with two attached hydrogens (primary N) is 1. The highest BCUT2D eigenvalue weighted by molar-refractivity contribution is 5.78. The average Bonchev–Trinajstić information content (AvgIpc) is 2.95. The van der Waals surface area contributed by atoms with Crippen LogP contribution in [-0.2, 0) is 0 Å². The molecule has 0 aromatic rings. The number of nitrogens with one attached hydrogen (secondary N) is 1. The first-order chi connectivity index (χ1) is 6.31. The Labute approximate surface area is 79.8 Å². The average molecular weight is 181 g/mol. The maximum Gasteiger partial charge on any atom is 0.188 e. The maximum atomic E-state index is 5.76. The van der Waals surface area contributed by atoms with E-state index >= 15 is 0 Å². The second kappa shape index (κ2) is 3.56. The lowest BCUT2D eigenvalue weighted by atomic mass is 10.1. The van der Waals surface area contributed by atoms with E-state index in [4.69, 9.17) is 5.73 Å². The molecule has 0 unspecified atom stereocenters. The molecule has 0 radical (unpaired) electrons. The van der Waals surface area contributed by atoms with Gasteiger partial charge in [0.15, 0.2) is 5.96 Å². The van der Waals surface area contributed by atoms with E-state index in [1.807, 2.05) is 6.92 Å². The van der Waals surface area contributed by atoms with Crippen LogP contribution in [0.3, 0.4) is 0 Å². The fraction of sp³-hybridized carbons (Fsp3) is 0.900. The smallest absolute Gasteiger partial charge is 0.188 e. The topological polar surface area (TPSA) is 50.4 Å². The molecule has 0 saturated heterocycles. The van der Waals surface area contributed by atoms with Gasteiger partial charge in [0.05, 0.1) is 0 Å². The van der Waals surface area contributed by atoms with E-state index in [1.54, 1.807) is 0 Å². The second-order valence-corrected chi connectivity index (χ2v) is 4.20. The summed E-state index contributed by atoms with van der Waals surface area (Å²) < 4.78 is 0. The van der Waals surface area contributed by atoms with Crippen LogP contribution < -0.4 is 11.1 Å². The summed E-state index contributed by atoms with van der Waals surface area (Å²) in [5, 5.41) is 3.37. The fourth-order valence-electron chi connectivity index (χ4n) is 1.92. The van der Waals surface area contributed by atoms with Gasteiger partial charge >= 0.3 is 0 Å². The van der Waals surface area contributed by atoms with Crippen LogP contribution in [0.4, 0.5) is 0 Å². The summed E-state index contributed by atoms with van der Waals surface area (Å²) in [6.45, 7) is 2.79. The Hall–Kier alpha value is -0.730. The van der Waals surface area contributed by atoms with Gasteiger partial charge < -0.3 is 11.1 Å². The van der Waals surface area contributed by atoms with Gasteiger partial charge in [0.25, 0.3) is 0 Å². The minimum atomic E-state index is 0.635. The molecule has 74 valence electrons. The quantitative estimate of drug-likeness (QED) is 0.504. The first-order valence-electron chi connectivity index (χ1n) is 5.37. The third-order valence-corrected chi connectivity index (χ3v) is 2.90. The molecule has 0 aliphatic heterocycles. The summed E-state index contributed by atoms with van der Waals surface area (Å²) in [7, 11) is 0. The van der Waals surface area contributed by atoms with Crippen LogP contribution in [0, 0.1) is 11.8 Å². The molecule has 2 saturated carbocycles. The van der Waals surface area contributed by atoms with Crippen molar-refractivity contribution in [3.05, 3.63) is 0 Å². The van der Waals surface area contributed by atoms with Crippen molar-refractivity contribution in [1.29, 1.82) is 0 Å². The lowest BCUT2D eigenvalue weighted by Crippen LogP contribution is -2.42. The molecule has 2 fully saturated rings. The van der Waals surface area contributed by atoms with Gasteiger partial charge in [-0.25, -0.2) is 0 Å². The molecular formula is C10H19N3. The van der Waals surface area contributed by atoms with Gasteiger partial charge in [-0.2, -0.15) is 0 Å². The molecule has 13 heavy (non-hydrogen) atoms. The zero-order chi connectivity index (χ0) is 9.26.